The summed E-state index contributed by atoms with van der Waals surface area (Å²) in [6.07, 6.45) is 7.09. The van der Waals surface area contributed by atoms with Crippen LogP contribution in [0.3, 0.4) is 0 Å². The van der Waals surface area contributed by atoms with Crippen LogP contribution in [0.5, 0.6) is 0 Å². The van der Waals surface area contributed by atoms with E-state index >= 15 is 0 Å². The highest BCUT2D eigenvalue weighted by Gasteiger charge is 2.35. The quantitative estimate of drug-likeness (QED) is 0.892. The lowest BCUT2D eigenvalue weighted by molar-refractivity contribution is 0.0974. The molecule has 112 valence electrons. The second-order valence-corrected chi connectivity index (χ2v) is 6.47. The molecule has 2 unspecified atom stereocenters. The summed E-state index contributed by atoms with van der Waals surface area (Å²) in [6, 6.07) is 3.07. The van der Waals surface area contributed by atoms with E-state index in [2.05, 4.69) is 30.1 Å². The number of fused-ring (bicyclic) bond motifs is 1. The predicted molar refractivity (Wildman–Crippen MR) is 81.6 cm³/mol. The number of rotatable bonds is 5. The average molecular weight is 276 g/mol. The third-order valence-corrected chi connectivity index (χ3v) is 5.07. The van der Waals surface area contributed by atoms with Crippen LogP contribution < -0.4 is 5.32 Å². The second kappa shape index (κ2) is 6.31. The fraction of sp³-hybridized carbons (Fsp3) is 0.765. The maximum absolute atomic E-state index is 6.06. The minimum absolute atomic E-state index is 0.825. The van der Waals surface area contributed by atoms with Crippen LogP contribution in [-0.2, 0) is 13.1 Å². The Balaban J connectivity index is 1.64. The molecule has 0 radical (unpaired) electrons. The molecule has 1 aromatic heterocycles. The molecule has 0 amide bonds. The van der Waals surface area contributed by atoms with E-state index in [-0.39, 0.29) is 0 Å². The summed E-state index contributed by atoms with van der Waals surface area (Å²) in [7, 11) is 0. The molecule has 2 heterocycles. The molecule has 0 bridgehead atoms. The normalized spacial score (nSPS) is 26.9. The summed E-state index contributed by atoms with van der Waals surface area (Å²) in [4.78, 5) is 2.68. The molecule has 2 fully saturated rings. The van der Waals surface area contributed by atoms with Crippen LogP contribution in [0, 0.1) is 12.8 Å². The molecule has 1 saturated carbocycles. The van der Waals surface area contributed by atoms with Crippen LogP contribution in [0.25, 0.3) is 0 Å². The molecule has 1 aromatic rings. The molecular formula is C17H28N2O. The Morgan fingerprint density at radius 2 is 2.15 bits per heavy atom. The first kappa shape index (κ1) is 14.2. The van der Waals surface area contributed by atoms with Gasteiger partial charge in [0.15, 0.2) is 0 Å². The number of likely N-dealkylation sites (tertiary alicyclic amines) is 1. The third kappa shape index (κ3) is 2.94. The van der Waals surface area contributed by atoms with Crippen LogP contribution in [0.1, 0.15) is 56.1 Å². The predicted octanol–water partition coefficient (Wildman–Crippen LogP) is 3.46. The van der Waals surface area contributed by atoms with E-state index in [4.69, 9.17) is 4.42 Å². The van der Waals surface area contributed by atoms with E-state index < -0.39 is 0 Å². The van der Waals surface area contributed by atoms with Crippen molar-refractivity contribution >= 4 is 0 Å². The van der Waals surface area contributed by atoms with Crippen LogP contribution in [0.4, 0.5) is 0 Å². The fourth-order valence-electron chi connectivity index (χ4n) is 4.04. The number of aryl methyl sites for hydroxylation is 1. The van der Waals surface area contributed by atoms with E-state index in [0.717, 1.165) is 43.1 Å². The molecule has 3 heteroatoms. The van der Waals surface area contributed by atoms with E-state index in [1.54, 1.807) is 0 Å². The lowest BCUT2D eigenvalue weighted by Gasteiger charge is -2.37. The van der Waals surface area contributed by atoms with Crippen LogP contribution in [0.15, 0.2) is 10.5 Å². The minimum Gasteiger partial charge on any atom is -0.463 e. The van der Waals surface area contributed by atoms with Crippen molar-refractivity contribution in [3.63, 3.8) is 0 Å². The Labute approximate surface area is 122 Å². The highest BCUT2D eigenvalue weighted by Crippen LogP contribution is 2.37. The van der Waals surface area contributed by atoms with Crippen molar-refractivity contribution in [1.82, 2.24) is 10.2 Å². The summed E-state index contributed by atoms with van der Waals surface area (Å²) in [6.45, 7) is 8.40. The van der Waals surface area contributed by atoms with Gasteiger partial charge in [0.2, 0.25) is 0 Å². The smallest absolute Gasteiger partial charge is 0.120 e. The van der Waals surface area contributed by atoms with Crippen molar-refractivity contribution in [2.75, 3.05) is 13.1 Å². The first-order valence-electron chi connectivity index (χ1n) is 8.31. The molecule has 1 N–H and O–H groups in total. The Bertz CT molecular complexity index is 440. The van der Waals surface area contributed by atoms with Crippen LogP contribution >= 0.6 is 0 Å². The lowest BCUT2D eigenvalue weighted by Crippen LogP contribution is -2.41. The molecule has 1 aliphatic carbocycles. The van der Waals surface area contributed by atoms with Gasteiger partial charge in [-0.15, -0.1) is 0 Å². The highest BCUT2D eigenvalue weighted by molar-refractivity contribution is 5.20. The van der Waals surface area contributed by atoms with Gasteiger partial charge in [-0.05, 0) is 63.2 Å². The van der Waals surface area contributed by atoms with Crippen molar-refractivity contribution in [2.24, 2.45) is 5.92 Å². The molecule has 1 aliphatic heterocycles. The van der Waals surface area contributed by atoms with Crippen molar-refractivity contribution in [3.8, 4) is 0 Å². The van der Waals surface area contributed by atoms with Crippen LogP contribution in [-0.4, -0.2) is 24.0 Å². The van der Waals surface area contributed by atoms with Crippen molar-refractivity contribution in [1.29, 1.82) is 0 Å². The zero-order chi connectivity index (χ0) is 13.9. The summed E-state index contributed by atoms with van der Waals surface area (Å²) < 4.78 is 6.06. The van der Waals surface area contributed by atoms with Gasteiger partial charge in [-0.25, -0.2) is 0 Å². The van der Waals surface area contributed by atoms with Gasteiger partial charge in [-0.2, -0.15) is 0 Å². The van der Waals surface area contributed by atoms with Crippen molar-refractivity contribution < 1.29 is 4.42 Å². The van der Waals surface area contributed by atoms with E-state index in [9.17, 15) is 0 Å². The number of nitrogens with zero attached hydrogens (tertiary/aromatic N) is 1. The summed E-state index contributed by atoms with van der Waals surface area (Å²) in [5.74, 6) is 3.23. The van der Waals surface area contributed by atoms with Crippen molar-refractivity contribution in [2.45, 2.75) is 65.1 Å². The standard InChI is InChI=1S/C17H28N2O/c1-3-18-11-17-13(2)10-15(20-17)12-19-9-5-7-14-6-4-8-16(14)19/h10,14,16,18H,3-9,11-12H2,1-2H3. The van der Waals surface area contributed by atoms with Gasteiger partial charge in [0.1, 0.15) is 11.5 Å². The van der Waals surface area contributed by atoms with Gasteiger partial charge in [-0.3, -0.25) is 4.90 Å². The zero-order valence-corrected chi connectivity index (χ0v) is 13.0. The molecule has 0 aromatic carbocycles. The monoisotopic (exact) mass is 276 g/mol. The highest BCUT2D eigenvalue weighted by atomic mass is 16.3. The molecule has 2 atom stereocenters. The van der Waals surface area contributed by atoms with Gasteiger partial charge in [0.25, 0.3) is 0 Å². The molecule has 1 saturated heterocycles. The van der Waals surface area contributed by atoms with E-state index in [1.165, 1.54) is 44.2 Å². The summed E-state index contributed by atoms with van der Waals surface area (Å²) >= 11 is 0. The van der Waals surface area contributed by atoms with E-state index in [0.29, 0.717) is 0 Å². The first-order valence-corrected chi connectivity index (χ1v) is 8.31. The number of piperidine rings is 1. The lowest BCUT2D eigenvalue weighted by atomic mass is 9.92. The zero-order valence-electron chi connectivity index (χ0n) is 13.0. The Hall–Kier alpha value is -0.800. The molecule has 20 heavy (non-hydrogen) atoms. The molecule has 0 spiro atoms. The van der Waals surface area contributed by atoms with Gasteiger partial charge in [0.05, 0.1) is 13.1 Å². The average Bonchev–Trinajstić information content (AvgIpc) is 3.04. The topological polar surface area (TPSA) is 28.4 Å². The maximum atomic E-state index is 6.06. The SMILES string of the molecule is CCNCc1oc(CN2CCCC3CCCC32)cc1C. The first-order chi connectivity index (χ1) is 9.78. The Kier molecular flexibility index (Phi) is 4.47. The van der Waals surface area contributed by atoms with E-state index in [1.807, 2.05) is 0 Å². The van der Waals surface area contributed by atoms with Gasteiger partial charge < -0.3 is 9.73 Å². The van der Waals surface area contributed by atoms with Gasteiger partial charge >= 0.3 is 0 Å². The molecule has 2 aliphatic rings. The molecule has 3 nitrogen and oxygen atoms in total. The van der Waals surface area contributed by atoms with Crippen LogP contribution in [0.2, 0.25) is 0 Å². The Morgan fingerprint density at radius 3 is 3.00 bits per heavy atom. The number of hydrogen-bond donors (Lipinski definition) is 1. The number of nitrogens with one attached hydrogen (secondary N) is 1. The maximum Gasteiger partial charge on any atom is 0.120 e. The fourth-order valence-corrected chi connectivity index (χ4v) is 4.04. The number of furan rings is 1. The molecular weight excluding hydrogens is 248 g/mol. The summed E-state index contributed by atoms with van der Waals surface area (Å²) in [5, 5.41) is 3.35. The second-order valence-electron chi connectivity index (χ2n) is 6.47. The third-order valence-electron chi connectivity index (χ3n) is 5.07. The van der Waals surface area contributed by atoms with Gasteiger partial charge in [0, 0.05) is 6.04 Å². The number of hydrogen-bond acceptors (Lipinski definition) is 3. The van der Waals surface area contributed by atoms with Crippen molar-refractivity contribution in [3.05, 3.63) is 23.2 Å². The minimum atomic E-state index is 0.825. The largest absolute Gasteiger partial charge is 0.463 e. The summed E-state index contributed by atoms with van der Waals surface area (Å²) in [5.41, 5.74) is 1.29. The Morgan fingerprint density at radius 1 is 1.30 bits per heavy atom. The molecule has 3 rings (SSSR count). The van der Waals surface area contributed by atoms with Gasteiger partial charge in [-0.1, -0.05) is 13.3 Å².